The van der Waals surface area contributed by atoms with Crippen molar-refractivity contribution in [3.8, 4) is 0 Å². The molecule has 114 valence electrons. The van der Waals surface area contributed by atoms with Crippen LogP contribution in [0.15, 0.2) is 34.1 Å². The standard InChI is InChI=1S/C15H13BrN2O3S/c16-10-3-1-9(2-4-10)15(5-6-15)14(21)17-7-12-18-11(8-22-12)13(19)20/h1-4,8H,5-7H2,(H,17,21)(H,19,20). The average molecular weight is 381 g/mol. The molecule has 1 heterocycles. The van der Waals surface area contributed by atoms with Gasteiger partial charge in [-0.2, -0.15) is 0 Å². The SMILES string of the molecule is O=C(O)c1csc(CNC(=O)C2(c3ccc(Br)cc3)CC2)n1. The molecule has 0 radical (unpaired) electrons. The van der Waals surface area contributed by atoms with Gasteiger partial charge in [0, 0.05) is 9.85 Å². The Balaban J connectivity index is 1.66. The second-order valence-electron chi connectivity index (χ2n) is 5.20. The molecular weight excluding hydrogens is 368 g/mol. The van der Waals surface area contributed by atoms with E-state index in [4.69, 9.17) is 5.11 Å². The molecule has 1 aromatic carbocycles. The van der Waals surface area contributed by atoms with Crippen LogP contribution in [0.4, 0.5) is 0 Å². The number of benzene rings is 1. The molecule has 2 aromatic rings. The van der Waals surface area contributed by atoms with E-state index in [1.807, 2.05) is 24.3 Å². The van der Waals surface area contributed by atoms with Gasteiger partial charge in [-0.05, 0) is 30.5 Å². The van der Waals surface area contributed by atoms with Crippen molar-refractivity contribution in [2.75, 3.05) is 0 Å². The fraction of sp³-hybridized carbons (Fsp3) is 0.267. The Hall–Kier alpha value is -1.73. The highest BCUT2D eigenvalue weighted by molar-refractivity contribution is 9.10. The Labute approximate surface area is 139 Å². The number of carboxylic acids is 1. The maximum absolute atomic E-state index is 12.5. The number of aromatic nitrogens is 1. The number of hydrogen-bond donors (Lipinski definition) is 2. The number of halogens is 1. The van der Waals surface area contributed by atoms with Gasteiger partial charge in [-0.1, -0.05) is 28.1 Å². The predicted molar refractivity (Wildman–Crippen MR) is 86.0 cm³/mol. The summed E-state index contributed by atoms with van der Waals surface area (Å²) in [4.78, 5) is 27.2. The Morgan fingerprint density at radius 2 is 2.00 bits per heavy atom. The largest absolute Gasteiger partial charge is 0.476 e. The lowest BCUT2D eigenvalue weighted by Crippen LogP contribution is -2.34. The van der Waals surface area contributed by atoms with E-state index in [2.05, 4.69) is 26.2 Å². The van der Waals surface area contributed by atoms with Gasteiger partial charge in [0.2, 0.25) is 5.91 Å². The Morgan fingerprint density at radius 1 is 1.32 bits per heavy atom. The highest BCUT2D eigenvalue weighted by Crippen LogP contribution is 2.48. The molecule has 5 nitrogen and oxygen atoms in total. The Bertz CT molecular complexity index is 723. The van der Waals surface area contributed by atoms with E-state index in [0.29, 0.717) is 5.01 Å². The molecule has 1 aliphatic carbocycles. The van der Waals surface area contributed by atoms with Gasteiger partial charge in [-0.15, -0.1) is 11.3 Å². The summed E-state index contributed by atoms with van der Waals surface area (Å²) in [5, 5.41) is 13.8. The number of carbonyl (C=O) groups is 2. The number of nitrogens with zero attached hydrogens (tertiary/aromatic N) is 1. The monoisotopic (exact) mass is 380 g/mol. The molecule has 0 spiro atoms. The summed E-state index contributed by atoms with van der Waals surface area (Å²) in [6.45, 7) is 0.259. The third-order valence-corrected chi connectivity index (χ3v) is 5.13. The van der Waals surface area contributed by atoms with Gasteiger partial charge in [-0.3, -0.25) is 4.79 Å². The molecular formula is C15H13BrN2O3S. The lowest BCUT2D eigenvalue weighted by molar-refractivity contribution is -0.123. The van der Waals surface area contributed by atoms with Crippen LogP contribution in [0.2, 0.25) is 0 Å². The molecule has 7 heteroatoms. The van der Waals surface area contributed by atoms with Crippen LogP contribution in [0.5, 0.6) is 0 Å². The molecule has 22 heavy (non-hydrogen) atoms. The highest BCUT2D eigenvalue weighted by atomic mass is 79.9. The number of hydrogen-bond acceptors (Lipinski definition) is 4. The highest BCUT2D eigenvalue weighted by Gasteiger charge is 2.51. The second kappa shape index (κ2) is 5.81. The first-order chi connectivity index (χ1) is 10.5. The van der Waals surface area contributed by atoms with E-state index >= 15 is 0 Å². The van der Waals surface area contributed by atoms with Gasteiger partial charge >= 0.3 is 5.97 Å². The fourth-order valence-corrected chi connectivity index (χ4v) is 3.33. The molecule has 0 aliphatic heterocycles. The molecule has 1 aliphatic rings. The van der Waals surface area contributed by atoms with Gasteiger partial charge in [0.05, 0.1) is 12.0 Å². The van der Waals surface area contributed by atoms with E-state index < -0.39 is 11.4 Å². The summed E-state index contributed by atoms with van der Waals surface area (Å²) in [5.74, 6) is -1.08. The minimum atomic E-state index is -1.05. The third kappa shape index (κ3) is 2.91. The minimum absolute atomic E-state index is 0.0169. The smallest absolute Gasteiger partial charge is 0.355 e. The summed E-state index contributed by atoms with van der Waals surface area (Å²) in [6.07, 6.45) is 1.66. The molecule has 2 N–H and O–H groups in total. The third-order valence-electron chi connectivity index (χ3n) is 3.75. The van der Waals surface area contributed by atoms with Crippen molar-refractivity contribution in [1.82, 2.24) is 10.3 Å². The number of nitrogens with one attached hydrogen (secondary N) is 1. The van der Waals surface area contributed by atoms with Crippen LogP contribution in [-0.4, -0.2) is 22.0 Å². The summed E-state index contributed by atoms with van der Waals surface area (Å²) in [7, 11) is 0. The van der Waals surface area contributed by atoms with Gasteiger partial charge in [0.25, 0.3) is 0 Å². The van der Waals surface area contributed by atoms with Gasteiger partial charge < -0.3 is 10.4 Å². The molecule has 3 rings (SSSR count). The molecule has 0 bridgehead atoms. The van der Waals surface area contributed by atoms with Crippen molar-refractivity contribution < 1.29 is 14.7 Å². The number of rotatable bonds is 5. The summed E-state index contributed by atoms with van der Waals surface area (Å²) < 4.78 is 0.983. The number of carboxylic acid groups (broad SMARTS) is 1. The first-order valence-electron chi connectivity index (χ1n) is 6.73. The maximum Gasteiger partial charge on any atom is 0.355 e. The average Bonchev–Trinajstić information content (AvgIpc) is 3.17. The number of carbonyl (C=O) groups excluding carboxylic acids is 1. The van der Waals surface area contributed by atoms with Crippen molar-refractivity contribution in [1.29, 1.82) is 0 Å². The van der Waals surface area contributed by atoms with Crippen LogP contribution >= 0.6 is 27.3 Å². The molecule has 0 atom stereocenters. The number of aromatic carboxylic acids is 1. The molecule has 1 saturated carbocycles. The van der Waals surface area contributed by atoms with Gasteiger partial charge in [-0.25, -0.2) is 9.78 Å². The molecule has 0 saturated heterocycles. The number of amides is 1. The van der Waals surface area contributed by atoms with Crippen LogP contribution in [0.3, 0.4) is 0 Å². The zero-order valence-electron chi connectivity index (χ0n) is 11.5. The van der Waals surface area contributed by atoms with Crippen LogP contribution in [0, 0.1) is 0 Å². The van der Waals surface area contributed by atoms with Crippen LogP contribution in [0.1, 0.15) is 33.9 Å². The van der Waals surface area contributed by atoms with Crippen molar-refractivity contribution in [2.24, 2.45) is 0 Å². The van der Waals surface area contributed by atoms with Crippen molar-refractivity contribution in [3.05, 3.63) is 50.4 Å². The normalized spacial score (nSPS) is 15.3. The molecule has 1 amide bonds. The fourth-order valence-electron chi connectivity index (χ4n) is 2.36. The van der Waals surface area contributed by atoms with Crippen molar-refractivity contribution >= 4 is 39.1 Å². The van der Waals surface area contributed by atoms with Crippen LogP contribution in [-0.2, 0) is 16.8 Å². The predicted octanol–water partition coefficient (Wildman–Crippen LogP) is 2.95. The first-order valence-corrected chi connectivity index (χ1v) is 8.40. The van der Waals surface area contributed by atoms with E-state index in [-0.39, 0.29) is 18.1 Å². The van der Waals surface area contributed by atoms with Crippen molar-refractivity contribution in [3.63, 3.8) is 0 Å². The lowest BCUT2D eigenvalue weighted by atomic mass is 9.95. The first kappa shape index (κ1) is 15.2. The minimum Gasteiger partial charge on any atom is -0.476 e. The number of thiazole rings is 1. The topological polar surface area (TPSA) is 79.3 Å². The van der Waals surface area contributed by atoms with E-state index in [1.165, 1.54) is 16.7 Å². The van der Waals surface area contributed by atoms with Crippen molar-refractivity contribution in [2.45, 2.75) is 24.8 Å². The Kier molecular flexibility index (Phi) is 4.01. The van der Waals surface area contributed by atoms with E-state index in [9.17, 15) is 9.59 Å². The van der Waals surface area contributed by atoms with E-state index in [0.717, 1.165) is 22.9 Å². The second-order valence-corrected chi connectivity index (χ2v) is 7.06. The zero-order chi connectivity index (χ0) is 15.7. The van der Waals surface area contributed by atoms with Gasteiger partial charge in [0.15, 0.2) is 5.69 Å². The van der Waals surface area contributed by atoms with Gasteiger partial charge in [0.1, 0.15) is 5.01 Å². The summed E-state index contributed by atoms with van der Waals surface area (Å²) >= 11 is 4.63. The molecule has 0 unspecified atom stereocenters. The quantitative estimate of drug-likeness (QED) is 0.835. The van der Waals surface area contributed by atoms with E-state index in [1.54, 1.807) is 0 Å². The molecule has 1 fully saturated rings. The molecule has 1 aromatic heterocycles. The Morgan fingerprint density at radius 3 is 2.55 bits per heavy atom. The maximum atomic E-state index is 12.5. The summed E-state index contributed by atoms with van der Waals surface area (Å²) in [6, 6.07) is 7.79. The zero-order valence-corrected chi connectivity index (χ0v) is 13.9. The van der Waals surface area contributed by atoms with Crippen LogP contribution < -0.4 is 5.32 Å². The summed E-state index contributed by atoms with van der Waals surface area (Å²) in [5.41, 5.74) is 0.593. The van der Waals surface area contributed by atoms with Crippen LogP contribution in [0.25, 0.3) is 0 Å². The lowest BCUT2D eigenvalue weighted by Gasteiger charge is -2.15.